The molecule has 1 N–H and O–H groups in total. The van der Waals surface area contributed by atoms with E-state index in [-0.39, 0.29) is 23.5 Å². The molecule has 0 spiro atoms. The minimum absolute atomic E-state index is 0.0723. The molecule has 1 aliphatic heterocycles. The van der Waals surface area contributed by atoms with Crippen LogP contribution < -0.4 is 5.69 Å². The van der Waals surface area contributed by atoms with E-state index < -0.39 is 17.4 Å². The number of H-pyrrole nitrogens is 1. The summed E-state index contributed by atoms with van der Waals surface area (Å²) in [4.78, 5) is 14.4. The highest BCUT2D eigenvalue weighted by Gasteiger charge is 2.34. The first kappa shape index (κ1) is 13.2. The van der Waals surface area contributed by atoms with E-state index in [4.69, 9.17) is 4.74 Å². The fraction of sp³-hybridized carbons (Fsp3) is 0.462. The van der Waals surface area contributed by atoms with Crippen LogP contribution in [-0.2, 0) is 17.5 Å². The summed E-state index contributed by atoms with van der Waals surface area (Å²) in [6.07, 6.45) is -3.73. The van der Waals surface area contributed by atoms with Gasteiger partial charge in [0.2, 0.25) is 0 Å². The summed E-state index contributed by atoms with van der Waals surface area (Å²) in [7, 11) is 0. The third kappa shape index (κ3) is 2.22. The van der Waals surface area contributed by atoms with Gasteiger partial charge in [-0.25, -0.2) is 4.79 Å². The van der Waals surface area contributed by atoms with Gasteiger partial charge in [-0.15, -0.1) is 0 Å². The monoisotopic (exact) mass is 286 g/mol. The van der Waals surface area contributed by atoms with E-state index in [1.54, 1.807) is 0 Å². The van der Waals surface area contributed by atoms with Crippen molar-refractivity contribution >= 4 is 11.0 Å². The minimum atomic E-state index is -4.48. The number of rotatable bonds is 2. The zero-order valence-corrected chi connectivity index (χ0v) is 10.5. The Balaban J connectivity index is 2.14. The second-order valence-corrected chi connectivity index (χ2v) is 4.97. The molecule has 3 rings (SSSR count). The Bertz CT molecular complexity index is 681. The van der Waals surface area contributed by atoms with Gasteiger partial charge in [0.1, 0.15) is 0 Å². The number of fused-ring (bicyclic) bond motifs is 1. The van der Waals surface area contributed by atoms with E-state index in [1.807, 2.05) is 0 Å². The molecular formula is C13H13F3N2O2. The third-order valence-electron chi connectivity index (χ3n) is 3.56. The number of hydrogen-bond acceptors (Lipinski definition) is 2. The van der Waals surface area contributed by atoms with Gasteiger partial charge in [0.05, 0.1) is 23.2 Å². The molecule has 108 valence electrons. The van der Waals surface area contributed by atoms with Gasteiger partial charge in [-0.3, -0.25) is 4.57 Å². The predicted molar refractivity (Wildman–Crippen MR) is 66.5 cm³/mol. The second kappa shape index (κ2) is 4.66. The first-order valence-electron chi connectivity index (χ1n) is 6.33. The van der Waals surface area contributed by atoms with E-state index >= 15 is 0 Å². The molecule has 2 heterocycles. The molecule has 1 saturated heterocycles. The van der Waals surface area contributed by atoms with E-state index in [0.717, 1.165) is 12.5 Å². The van der Waals surface area contributed by atoms with Crippen molar-refractivity contribution in [3.63, 3.8) is 0 Å². The van der Waals surface area contributed by atoms with Crippen LogP contribution in [-0.4, -0.2) is 22.8 Å². The van der Waals surface area contributed by atoms with Crippen molar-refractivity contribution in [2.24, 2.45) is 5.92 Å². The lowest BCUT2D eigenvalue weighted by Gasteiger charge is -2.13. The van der Waals surface area contributed by atoms with E-state index in [1.165, 1.54) is 16.7 Å². The van der Waals surface area contributed by atoms with Crippen molar-refractivity contribution < 1.29 is 17.9 Å². The Morgan fingerprint density at radius 3 is 2.85 bits per heavy atom. The number of hydrogen-bond donors (Lipinski definition) is 1. The van der Waals surface area contributed by atoms with Gasteiger partial charge < -0.3 is 9.72 Å². The fourth-order valence-corrected chi connectivity index (χ4v) is 2.61. The summed E-state index contributed by atoms with van der Waals surface area (Å²) >= 11 is 0. The summed E-state index contributed by atoms with van der Waals surface area (Å²) < 4.78 is 45.6. The lowest BCUT2D eigenvalue weighted by Crippen LogP contribution is -2.23. The molecule has 0 bridgehead atoms. The molecular weight excluding hydrogens is 273 g/mol. The van der Waals surface area contributed by atoms with Gasteiger partial charge in [0.15, 0.2) is 0 Å². The summed E-state index contributed by atoms with van der Waals surface area (Å²) in [6, 6.07) is 3.77. The number of aromatic nitrogens is 2. The highest BCUT2D eigenvalue weighted by molar-refractivity contribution is 5.79. The van der Waals surface area contributed by atoms with Crippen LogP contribution >= 0.6 is 0 Å². The summed E-state index contributed by atoms with van der Waals surface area (Å²) in [5.41, 5.74) is -1.16. The Morgan fingerprint density at radius 2 is 2.20 bits per heavy atom. The average Bonchev–Trinajstić information content (AvgIpc) is 2.97. The summed E-state index contributed by atoms with van der Waals surface area (Å²) in [6.45, 7) is 1.31. The normalized spacial score (nSPS) is 19.9. The molecule has 0 saturated carbocycles. The molecule has 0 amide bonds. The molecule has 0 radical (unpaired) electrons. The van der Waals surface area contributed by atoms with Crippen LogP contribution in [0.4, 0.5) is 13.2 Å². The van der Waals surface area contributed by atoms with Crippen LogP contribution in [0.5, 0.6) is 0 Å². The quantitative estimate of drug-likeness (QED) is 0.921. The van der Waals surface area contributed by atoms with E-state index in [2.05, 4.69) is 4.98 Å². The molecule has 1 aromatic carbocycles. The first-order valence-corrected chi connectivity index (χ1v) is 6.33. The van der Waals surface area contributed by atoms with Gasteiger partial charge in [-0.05, 0) is 18.6 Å². The molecule has 2 aromatic rings. The van der Waals surface area contributed by atoms with Crippen LogP contribution in [0.25, 0.3) is 11.0 Å². The van der Waals surface area contributed by atoms with Crippen molar-refractivity contribution in [3.8, 4) is 0 Å². The number of ether oxygens (including phenoxy) is 1. The van der Waals surface area contributed by atoms with Crippen molar-refractivity contribution in [2.75, 3.05) is 13.2 Å². The van der Waals surface area contributed by atoms with Gasteiger partial charge in [-0.1, -0.05) is 6.07 Å². The van der Waals surface area contributed by atoms with Gasteiger partial charge in [-0.2, -0.15) is 13.2 Å². The number of nitrogens with one attached hydrogen (secondary N) is 1. The minimum Gasteiger partial charge on any atom is -0.381 e. The first-order chi connectivity index (χ1) is 9.47. The van der Waals surface area contributed by atoms with Crippen molar-refractivity contribution in [3.05, 3.63) is 34.2 Å². The van der Waals surface area contributed by atoms with Crippen LogP contribution in [0, 0.1) is 5.92 Å². The highest BCUT2D eigenvalue weighted by atomic mass is 19.4. The van der Waals surface area contributed by atoms with Crippen LogP contribution in [0.3, 0.4) is 0 Å². The molecule has 1 fully saturated rings. The zero-order valence-electron chi connectivity index (χ0n) is 10.5. The standard InChI is InChI=1S/C13H13F3N2O2/c14-13(15,16)9-2-1-3-10-11(9)18(12(19)17-10)6-8-4-5-20-7-8/h1-3,8H,4-7H2,(H,17,19). The lowest BCUT2D eigenvalue weighted by atomic mass is 10.1. The number of para-hydroxylation sites is 1. The SMILES string of the molecule is O=c1[nH]c2cccc(C(F)(F)F)c2n1CC1CCOC1. The van der Waals surface area contributed by atoms with Gasteiger partial charge in [0.25, 0.3) is 0 Å². The summed E-state index contributed by atoms with van der Waals surface area (Å²) in [5.74, 6) is 0.0768. The van der Waals surface area contributed by atoms with Crippen LogP contribution in [0.2, 0.25) is 0 Å². The number of halogens is 3. The van der Waals surface area contributed by atoms with E-state index in [9.17, 15) is 18.0 Å². The molecule has 0 aliphatic carbocycles. The number of alkyl halides is 3. The maximum atomic E-state index is 13.1. The number of imidazole rings is 1. The Morgan fingerprint density at radius 1 is 1.40 bits per heavy atom. The lowest BCUT2D eigenvalue weighted by molar-refractivity contribution is -0.136. The number of nitrogens with zero attached hydrogens (tertiary/aromatic N) is 1. The van der Waals surface area contributed by atoms with Crippen LogP contribution in [0.15, 0.2) is 23.0 Å². The number of benzene rings is 1. The molecule has 1 unspecified atom stereocenters. The summed E-state index contributed by atoms with van der Waals surface area (Å²) in [5, 5.41) is 0. The molecule has 1 aromatic heterocycles. The second-order valence-electron chi connectivity index (χ2n) is 4.97. The Kier molecular flexibility index (Phi) is 3.08. The van der Waals surface area contributed by atoms with E-state index in [0.29, 0.717) is 13.2 Å². The van der Waals surface area contributed by atoms with Crippen molar-refractivity contribution in [1.82, 2.24) is 9.55 Å². The largest absolute Gasteiger partial charge is 0.418 e. The Hall–Kier alpha value is -1.76. The highest BCUT2D eigenvalue weighted by Crippen LogP contribution is 2.34. The Labute approximate surface area is 112 Å². The van der Waals surface area contributed by atoms with Crippen molar-refractivity contribution in [2.45, 2.75) is 19.1 Å². The molecule has 7 heteroatoms. The zero-order chi connectivity index (χ0) is 14.3. The molecule has 4 nitrogen and oxygen atoms in total. The molecule has 1 atom stereocenters. The van der Waals surface area contributed by atoms with Gasteiger partial charge >= 0.3 is 11.9 Å². The van der Waals surface area contributed by atoms with Gasteiger partial charge in [0, 0.05) is 19.1 Å². The average molecular weight is 286 g/mol. The van der Waals surface area contributed by atoms with Crippen LogP contribution in [0.1, 0.15) is 12.0 Å². The smallest absolute Gasteiger partial charge is 0.381 e. The van der Waals surface area contributed by atoms with Crippen molar-refractivity contribution in [1.29, 1.82) is 0 Å². The maximum absolute atomic E-state index is 13.1. The molecule has 1 aliphatic rings. The third-order valence-corrected chi connectivity index (χ3v) is 3.56. The molecule has 20 heavy (non-hydrogen) atoms. The number of aromatic amines is 1. The predicted octanol–water partition coefficient (Wildman–Crippen LogP) is 2.38. The fourth-order valence-electron chi connectivity index (χ4n) is 2.61. The topological polar surface area (TPSA) is 47.0 Å². The maximum Gasteiger partial charge on any atom is 0.418 e.